The van der Waals surface area contributed by atoms with Gasteiger partial charge >= 0.3 is 5.97 Å². The van der Waals surface area contributed by atoms with Gasteiger partial charge in [-0.15, -0.1) is 0 Å². The first-order valence-electron chi connectivity index (χ1n) is 11.1. The molecule has 2 rings (SSSR count). The summed E-state index contributed by atoms with van der Waals surface area (Å²) in [5.74, 6) is 2.18. The molecule has 2 aromatic carbocycles. The molecule has 0 heterocycles. The summed E-state index contributed by atoms with van der Waals surface area (Å²) in [6.07, 6.45) is 2.29. The first-order valence-corrected chi connectivity index (χ1v) is 12.7. The summed E-state index contributed by atoms with van der Waals surface area (Å²) in [5, 5.41) is 3.96. The number of esters is 1. The van der Waals surface area contributed by atoms with Crippen LogP contribution in [0.2, 0.25) is 0 Å². The number of carbonyl (C=O) groups excluding carboxylic acids is 1. The average molecular weight is 585 g/mol. The number of halogens is 2. The van der Waals surface area contributed by atoms with E-state index in [9.17, 15) is 4.79 Å². The lowest BCUT2D eigenvalue weighted by Gasteiger charge is -2.18. The molecular weight excluding hydrogens is 554 g/mol. The van der Waals surface area contributed by atoms with Crippen LogP contribution < -0.4 is 9.47 Å². The van der Waals surface area contributed by atoms with Crippen LogP contribution in [0.3, 0.4) is 0 Å². The van der Waals surface area contributed by atoms with E-state index in [1.807, 2.05) is 44.2 Å². The SMILES string of the molecule is CCOC(=O)C(CC)ON=Cc1cc(Br)c(Oc2ccc(OCC)c(C(C)CC)c2)c(Br)c1. The quantitative estimate of drug-likeness (QED) is 0.146. The molecule has 2 unspecified atom stereocenters. The Hall–Kier alpha value is -2.06. The van der Waals surface area contributed by atoms with Crippen molar-refractivity contribution in [3.63, 3.8) is 0 Å². The Kier molecular flexibility index (Phi) is 11.2. The van der Waals surface area contributed by atoms with E-state index in [1.54, 1.807) is 13.1 Å². The number of benzene rings is 2. The van der Waals surface area contributed by atoms with Gasteiger partial charge in [-0.3, -0.25) is 0 Å². The lowest BCUT2D eigenvalue weighted by molar-refractivity contribution is -0.156. The van der Waals surface area contributed by atoms with Crippen molar-refractivity contribution in [2.75, 3.05) is 13.2 Å². The van der Waals surface area contributed by atoms with Gasteiger partial charge in [-0.1, -0.05) is 25.9 Å². The van der Waals surface area contributed by atoms with Crippen molar-refractivity contribution in [1.29, 1.82) is 0 Å². The molecule has 6 nitrogen and oxygen atoms in total. The predicted molar refractivity (Wildman–Crippen MR) is 138 cm³/mol. The highest BCUT2D eigenvalue weighted by Gasteiger charge is 2.19. The summed E-state index contributed by atoms with van der Waals surface area (Å²) in [5.41, 5.74) is 1.89. The number of rotatable bonds is 12. The first-order chi connectivity index (χ1) is 15.8. The molecule has 0 aliphatic heterocycles. The maximum absolute atomic E-state index is 11.8. The summed E-state index contributed by atoms with van der Waals surface area (Å²) in [7, 11) is 0. The van der Waals surface area contributed by atoms with Crippen molar-refractivity contribution in [1.82, 2.24) is 0 Å². The second-order valence-electron chi connectivity index (χ2n) is 7.35. The molecule has 33 heavy (non-hydrogen) atoms. The minimum atomic E-state index is -0.727. The van der Waals surface area contributed by atoms with Crippen molar-refractivity contribution in [2.24, 2.45) is 5.16 Å². The van der Waals surface area contributed by atoms with Crippen LogP contribution in [-0.4, -0.2) is 31.5 Å². The van der Waals surface area contributed by atoms with Gasteiger partial charge in [-0.05, 0) is 100 Å². The van der Waals surface area contributed by atoms with E-state index in [0.717, 1.165) is 38.0 Å². The Morgan fingerprint density at radius 3 is 2.30 bits per heavy atom. The molecule has 0 fully saturated rings. The topological polar surface area (TPSA) is 66.4 Å². The van der Waals surface area contributed by atoms with E-state index in [0.29, 0.717) is 31.3 Å². The van der Waals surface area contributed by atoms with Gasteiger partial charge in [-0.25, -0.2) is 4.79 Å². The molecule has 0 saturated carbocycles. The third-order valence-corrected chi connectivity index (χ3v) is 6.15. The Bertz CT molecular complexity index is 941. The van der Waals surface area contributed by atoms with Crippen molar-refractivity contribution in [3.05, 3.63) is 50.4 Å². The summed E-state index contributed by atoms with van der Waals surface area (Å²) in [4.78, 5) is 17.1. The van der Waals surface area contributed by atoms with Crippen LogP contribution >= 0.6 is 31.9 Å². The normalized spacial score (nSPS) is 12.9. The average Bonchev–Trinajstić information content (AvgIpc) is 2.79. The van der Waals surface area contributed by atoms with Crippen LogP contribution in [-0.2, 0) is 14.4 Å². The molecule has 180 valence electrons. The minimum Gasteiger partial charge on any atom is -0.494 e. The number of hydrogen-bond donors (Lipinski definition) is 0. The van der Waals surface area contributed by atoms with Gasteiger partial charge < -0.3 is 19.0 Å². The van der Waals surface area contributed by atoms with E-state index in [-0.39, 0.29) is 0 Å². The van der Waals surface area contributed by atoms with E-state index < -0.39 is 12.1 Å². The highest BCUT2D eigenvalue weighted by Crippen LogP contribution is 2.40. The van der Waals surface area contributed by atoms with Crippen LogP contribution in [0.25, 0.3) is 0 Å². The number of oxime groups is 1. The second kappa shape index (κ2) is 13.6. The third kappa shape index (κ3) is 7.74. The van der Waals surface area contributed by atoms with Crippen LogP contribution in [0.4, 0.5) is 0 Å². The molecule has 0 spiro atoms. The molecule has 0 saturated heterocycles. The van der Waals surface area contributed by atoms with E-state index in [4.69, 9.17) is 19.0 Å². The largest absolute Gasteiger partial charge is 0.494 e. The summed E-state index contributed by atoms with van der Waals surface area (Å²) in [6, 6.07) is 9.61. The van der Waals surface area contributed by atoms with Crippen LogP contribution in [0, 0.1) is 0 Å². The molecule has 0 aromatic heterocycles. The molecule has 2 atom stereocenters. The Balaban J connectivity index is 2.19. The summed E-state index contributed by atoms with van der Waals surface area (Å²) >= 11 is 7.16. The molecular formula is C25H31Br2NO5. The summed E-state index contributed by atoms with van der Waals surface area (Å²) < 4.78 is 18.5. The number of ether oxygens (including phenoxy) is 3. The third-order valence-electron chi connectivity index (χ3n) is 4.98. The van der Waals surface area contributed by atoms with Crippen molar-refractivity contribution in [3.8, 4) is 17.2 Å². The highest BCUT2D eigenvalue weighted by atomic mass is 79.9. The van der Waals surface area contributed by atoms with E-state index >= 15 is 0 Å². The zero-order valence-electron chi connectivity index (χ0n) is 19.7. The standard InChI is InChI=1S/C25H31Br2NO5/c1-6-16(5)19-14-18(10-11-23(19)30-8-3)32-24-20(26)12-17(13-21(24)27)15-28-33-22(7-2)25(29)31-9-4/h10-16,22H,6-9H2,1-5H3. The molecule has 0 aliphatic rings. The fraction of sp³-hybridized carbons (Fsp3) is 0.440. The molecule has 0 radical (unpaired) electrons. The smallest absolute Gasteiger partial charge is 0.350 e. The Morgan fingerprint density at radius 2 is 1.73 bits per heavy atom. The minimum absolute atomic E-state index is 0.303. The zero-order valence-corrected chi connectivity index (χ0v) is 22.9. The first kappa shape index (κ1) is 27.2. The molecule has 0 N–H and O–H groups in total. The molecule has 0 amide bonds. The fourth-order valence-corrected chi connectivity index (χ4v) is 4.42. The van der Waals surface area contributed by atoms with Gasteiger partial charge in [-0.2, -0.15) is 0 Å². The Morgan fingerprint density at radius 1 is 1.03 bits per heavy atom. The van der Waals surface area contributed by atoms with Gasteiger partial charge in [0.1, 0.15) is 11.5 Å². The molecule has 0 aliphatic carbocycles. The predicted octanol–water partition coefficient (Wildman–Crippen LogP) is 7.61. The van der Waals surface area contributed by atoms with E-state index in [1.165, 1.54) is 0 Å². The van der Waals surface area contributed by atoms with Crippen LogP contribution in [0.5, 0.6) is 17.2 Å². The second-order valence-corrected chi connectivity index (χ2v) is 9.06. The highest BCUT2D eigenvalue weighted by molar-refractivity contribution is 9.11. The molecule has 2 aromatic rings. The van der Waals surface area contributed by atoms with Gasteiger partial charge in [0.2, 0.25) is 6.10 Å². The van der Waals surface area contributed by atoms with Gasteiger partial charge in [0.25, 0.3) is 0 Å². The zero-order chi connectivity index (χ0) is 24.4. The lowest BCUT2D eigenvalue weighted by Crippen LogP contribution is -2.24. The maximum Gasteiger partial charge on any atom is 0.350 e. The number of hydrogen-bond acceptors (Lipinski definition) is 6. The monoisotopic (exact) mass is 583 g/mol. The van der Waals surface area contributed by atoms with Gasteiger partial charge in [0, 0.05) is 5.56 Å². The van der Waals surface area contributed by atoms with Crippen LogP contribution in [0.15, 0.2) is 44.4 Å². The summed E-state index contributed by atoms with van der Waals surface area (Å²) in [6.45, 7) is 10.8. The maximum atomic E-state index is 11.8. The van der Waals surface area contributed by atoms with Crippen LogP contribution in [0.1, 0.15) is 64.5 Å². The fourth-order valence-electron chi connectivity index (χ4n) is 3.04. The van der Waals surface area contributed by atoms with Crippen molar-refractivity contribution >= 4 is 44.0 Å². The van der Waals surface area contributed by atoms with E-state index in [2.05, 4.69) is 50.9 Å². The van der Waals surface area contributed by atoms with Gasteiger partial charge in [0.15, 0.2) is 5.75 Å². The number of carbonyl (C=O) groups is 1. The van der Waals surface area contributed by atoms with Gasteiger partial charge in [0.05, 0.1) is 28.4 Å². The van der Waals surface area contributed by atoms with Crippen molar-refractivity contribution in [2.45, 2.75) is 59.5 Å². The molecule has 8 heteroatoms. The Labute approximate surface area is 212 Å². The van der Waals surface area contributed by atoms with Crippen molar-refractivity contribution < 1.29 is 23.8 Å². The number of nitrogens with zero attached hydrogens (tertiary/aromatic N) is 1. The molecule has 0 bridgehead atoms. The lowest BCUT2D eigenvalue weighted by atomic mass is 9.97.